The topological polar surface area (TPSA) is 59.4 Å². The van der Waals surface area contributed by atoms with Crippen LogP contribution >= 0.6 is 27.5 Å². The Kier molecular flexibility index (Phi) is 4.18. The van der Waals surface area contributed by atoms with Gasteiger partial charge in [-0.1, -0.05) is 35.9 Å². The number of imidazole rings is 2. The molecule has 0 radical (unpaired) electrons. The van der Waals surface area contributed by atoms with E-state index in [4.69, 9.17) is 11.6 Å². The summed E-state index contributed by atoms with van der Waals surface area (Å²) in [6, 6.07) is 17.9. The van der Waals surface area contributed by atoms with E-state index in [0.29, 0.717) is 11.6 Å². The Morgan fingerprint density at radius 3 is 2.68 bits per heavy atom. The molecule has 0 spiro atoms. The first-order valence-corrected chi connectivity index (χ1v) is 9.98. The lowest BCUT2D eigenvalue weighted by molar-refractivity contribution is 0.777. The second-order valence-corrected chi connectivity index (χ2v) is 7.85. The summed E-state index contributed by atoms with van der Waals surface area (Å²) >= 11 is 10.1. The molecule has 0 saturated heterocycles. The van der Waals surface area contributed by atoms with Crippen molar-refractivity contribution in [3.05, 3.63) is 75.6 Å². The van der Waals surface area contributed by atoms with Gasteiger partial charge in [0.05, 0.1) is 17.6 Å². The Morgan fingerprint density at radius 1 is 1.00 bits per heavy atom. The minimum atomic E-state index is 0.602. The standard InChI is InChI=1S/C21H15BrClN5/c1-12-24-18-8-9-19(22)27-21(18)28(12)11-14-7-6-13(10-15(14)23)20-25-16-4-2-3-5-17(16)26-20/h2-10H,11H2,1H3,(H,25,26). The molecular weight excluding hydrogens is 438 g/mol. The lowest BCUT2D eigenvalue weighted by Gasteiger charge is -2.09. The molecule has 5 rings (SSSR count). The molecule has 0 saturated carbocycles. The number of para-hydroxylation sites is 2. The van der Waals surface area contributed by atoms with Gasteiger partial charge in [0, 0.05) is 10.6 Å². The van der Waals surface area contributed by atoms with E-state index < -0.39 is 0 Å². The minimum Gasteiger partial charge on any atom is -0.338 e. The van der Waals surface area contributed by atoms with Crippen LogP contribution < -0.4 is 0 Å². The number of fused-ring (bicyclic) bond motifs is 2. The van der Waals surface area contributed by atoms with Crippen LogP contribution in [0.25, 0.3) is 33.6 Å². The van der Waals surface area contributed by atoms with Crippen LogP contribution in [0.2, 0.25) is 5.02 Å². The number of nitrogens with zero attached hydrogens (tertiary/aromatic N) is 4. The van der Waals surface area contributed by atoms with Crippen molar-refractivity contribution in [1.82, 2.24) is 24.5 Å². The molecule has 0 unspecified atom stereocenters. The lowest BCUT2D eigenvalue weighted by Crippen LogP contribution is -2.04. The highest BCUT2D eigenvalue weighted by Crippen LogP contribution is 2.27. The Labute approximate surface area is 174 Å². The lowest BCUT2D eigenvalue weighted by atomic mass is 10.1. The zero-order chi connectivity index (χ0) is 19.3. The van der Waals surface area contributed by atoms with Gasteiger partial charge in [0.2, 0.25) is 0 Å². The number of aromatic nitrogens is 5. The van der Waals surface area contributed by atoms with Crippen molar-refractivity contribution < 1.29 is 0 Å². The maximum absolute atomic E-state index is 6.62. The quantitative estimate of drug-likeness (QED) is 0.355. The summed E-state index contributed by atoms with van der Waals surface area (Å²) < 4.78 is 2.86. The molecule has 0 bridgehead atoms. The van der Waals surface area contributed by atoms with Crippen molar-refractivity contribution in [3.63, 3.8) is 0 Å². The molecule has 0 atom stereocenters. The number of aromatic amines is 1. The van der Waals surface area contributed by atoms with Crippen molar-refractivity contribution in [1.29, 1.82) is 0 Å². The summed E-state index contributed by atoms with van der Waals surface area (Å²) in [5, 5.41) is 0.689. The van der Waals surface area contributed by atoms with E-state index in [9.17, 15) is 0 Å². The van der Waals surface area contributed by atoms with Gasteiger partial charge < -0.3 is 9.55 Å². The van der Waals surface area contributed by atoms with Crippen molar-refractivity contribution in [2.24, 2.45) is 0 Å². The van der Waals surface area contributed by atoms with Gasteiger partial charge in [-0.3, -0.25) is 0 Å². The second-order valence-electron chi connectivity index (χ2n) is 6.63. The fourth-order valence-corrected chi connectivity index (χ4v) is 3.90. The summed E-state index contributed by atoms with van der Waals surface area (Å²) in [4.78, 5) is 17.2. The van der Waals surface area contributed by atoms with Crippen molar-refractivity contribution in [2.45, 2.75) is 13.5 Å². The summed E-state index contributed by atoms with van der Waals surface area (Å²) in [6.07, 6.45) is 0. The molecule has 3 heterocycles. The molecule has 0 aliphatic carbocycles. The number of benzene rings is 2. The highest BCUT2D eigenvalue weighted by atomic mass is 79.9. The van der Waals surface area contributed by atoms with Gasteiger partial charge in [-0.25, -0.2) is 15.0 Å². The number of H-pyrrole nitrogens is 1. The van der Waals surface area contributed by atoms with Gasteiger partial charge in [0.25, 0.3) is 0 Å². The average molecular weight is 453 g/mol. The molecule has 7 heteroatoms. The third kappa shape index (κ3) is 2.99. The molecule has 2 aromatic carbocycles. The number of nitrogens with one attached hydrogen (secondary N) is 1. The molecule has 0 aliphatic rings. The Balaban J connectivity index is 1.52. The SMILES string of the molecule is Cc1nc2ccc(Br)nc2n1Cc1ccc(-c2nc3ccccc3[nH]2)cc1Cl. The predicted octanol–water partition coefficient (Wildman–Crippen LogP) is 5.75. The third-order valence-electron chi connectivity index (χ3n) is 4.79. The van der Waals surface area contributed by atoms with E-state index in [2.05, 4.69) is 40.4 Å². The minimum absolute atomic E-state index is 0.602. The fourth-order valence-electron chi connectivity index (χ4n) is 3.36. The molecule has 138 valence electrons. The summed E-state index contributed by atoms with van der Waals surface area (Å²) in [5.74, 6) is 1.71. The summed E-state index contributed by atoms with van der Waals surface area (Å²) in [7, 11) is 0. The van der Waals surface area contributed by atoms with Crippen LogP contribution in [0.4, 0.5) is 0 Å². The molecule has 0 fully saturated rings. The van der Waals surface area contributed by atoms with Crippen LogP contribution in [0.1, 0.15) is 11.4 Å². The number of rotatable bonds is 3. The predicted molar refractivity (Wildman–Crippen MR) is 116 cm³/mol. The van der Waals surface area contributed by atoms with Crippen LogP contribution in [0, 0.1) is 6.92 Å². The maximum Gasteiger partial charge on any atom is 0.161 e. The first kappa shape index (κ1) is 17.4. The Bertz CT molecular complexity index is 1300. The van der Waals surface area contributed by atoms with Gasteiger partial charge in [-0.05, 0) is 58.7 Å². The van der Waals surface area contributed by atoms with Crippen molar-refractivity contribution in [3.8, 4) is 11.4 Å². The van der Waals surface area contributed by atoms with E-state index in [1.165, 1.54) is 0 Å². The monoisotopic (exact) mass is 451 g/mol. The number of hydrogen-bond acceptors (Lipinski definition) is 3. The van der Waals surface area contributed by atoms with Crippen LogP contribution in [0.15, 0.2) is 59.2 Å². The van der Waals surface area contributed by atoms with E-state index in [-0.39, 0.29) is 0 Å². The number of halogens is 2. The summed E-state index contributed by atoms with van der Waals surface area (Å²) in [5.41, 5.74) is 5.62. The molecule has 28 heavy (non-hydrogen) atoms. The van der Waals surface area contributed by atoms with Crippen LogP contribution in [0.3, 0.4) is 0 Å². The molecule has 0 amide bonds. The van der Waals surface area contributed by atoms with E-state index in [0.717, 1.165) is 49.6 Å². The summed E-state index contributed by atoms with van der Waals surface area (Å²) in [6.45, 7) is 2.58. The molecule has 3 aromatic heterocycles. The maximum atomic E-state index is 6.62. The highest BCUT2D eigenvalue weighted by molar-refractivity contribution is 9.10. The zero-order valence-electron chi connectivity index (χ0n) is 14.9. The van der Waals surface area contributed by atoms with Crippen molar-refractivity contribution >= 4 is 49.7 Å². The largest absolute Gasteiger partial charge is 0.338 e. The first-order valence-electron chi connectivity index (χ1n) is 8.81. The van der Waals surface area contributed by atoms with Gasteiger partial charge in [0.15, 0.2) is 5.65 Å². The van der Waals surface area contributed by atoms with Crippen LogP contribution in [-0.2, 0) is 6.54 Å². The van der Waals surface area contributed by atoms with Gasteiger partial charge in [0.1, 0.15) is 21.8 Å². The van der Waals surface area contributed by atoms with Crippen LogP contribution in [-0.4, -0.2) is 24.5 Å². The molecule has 1 N–H and O–H groups in total. The van der Waals surface area contributed by atoms with E-state index in [1.807, 2.05) is 61.5 Å². The normalized spacial score (nSPS) is 11.5. The third-order valence-corrected chi connectivity index (χ3v) is 5.59. The Hall–Kier alpha value is -2.70. The van der Waals surface area contributed by atoms with Crippen LogP contribution in [0.5, 0.6) is 0 Å². The van der Waals surface area contributed by atoms with Gasteiger partial charge >= 0.3 is 0 Å². The fraction of sp³-hybridized carbons (Fsp3) is 0.0952. The highest BCUT2D eigenvalue weighted by Gasteiger charge is 2.13. The van der Waals surface area contributed by atoms with Gasteiger partial charge in [-0.2, -0.15) is 0 Å². The second kappa shape index (κ2) is 6.72. The molecule has 5 nitrogen and oxygen atoms in total. The average Bonchev–Trinajstić information content (AvgIpc) is 3.24. The number of aryl methyl sites for hydroxylation is 1. The van der Waals surface area contributed by atoms with E-state index in [1.54, 1.807) is 0 Å². The number of hydrogen-bond donors (Lipinski definition) is 1. The number of pyridine rings is 1. The van der Waals surface area contributed by atoms with E-state index >= 15 is 0 Å². The van der Waals surface area contributed by atoms with Gasteiger partial charge in [-0.15, -0.1) is 0 Å². The molecule has 5 aromatic rings. The van der Waals surface area contributed by atoms with Crippen molar-refractivity contribution in [2.75, 3.05) is 0 Å². The molecular formula is C21H15BrClN5. The Morgan fingerprint density at radius 2 is 1.86 bits per heavy atom. The molecule has 0 aliphatic heterocycles. The zero-order valence-corrected chi connectivity index (χ0v) is 17.3. The smallest absolute Gasteiger partial charge is 0.161 e. The first-order chi connectivity index (χ1) is 13.6.